The van der Waals surface area contributed by atoms with Crippen molar-refractivity contribution in [2.45, 2.75) is 71.6 Å². The minimum Gasteiger partial charge on any atom is -0.303 e. The maximum atomic E-state index is 10.4. The van der Waals surface area contributed by atoms with Crippen LogP contribution >= 0.6 is 0 Å². The summed E-state index contributed by atoms with van der Waals surface area (Å²) in [5.74, 6) is 0.820. The Labute approximate surface area is 107 Å². The van der Waals surface area contributed by atoms with Crippen LogP contribution in [0, 0.1) is 11.3 Å². The highest BCUT2D eigenvalue weighted by molar-refractivity contribution is 5.48. The van der Waals surface area contributed by atoms with Crippen LogP contribution in [0.2, 0.25) is 0 Å². The normalized spacial score (nSPS) is 21.5. The molecule has 0 spiro atoms. The number of allylic oxidation sites excluding steroid dienone is 2. The van der Waals surface area contributed by atoms with Gasteiger partial charge < -0.3 is 4.79 Å². The summed E-state index contributed by atoms with van der Waals surface area (Å²) in [6, 6.07) is 0. The molecule has 1 aliphatic rings. The van der Waals surface area contributed by atoms with Crippen LogP contribution in [0.3, 0.4) is 0 Å². The Morgan fingerprint density at radius 2 is 1.94 bits per heavy atom. The van der Waals surface area contributed by atoms with E-state index in [9.17, 15) is 4.79 Å². The maximum Gasteiger partial charge on any atom is 0.119 e. The second-order valence-corrected chi connectivity index (χ2v) is 5.82. The van der Waals surface area contributed by atoms with E-state index in [2.05, 4.69) is 26.0 Å². The molecular formula is C16H28O. The van der Waals surface area contributed by atoms with Crippen LogP contribution in [0.15, 0.2) is 12.2 Å². The lowest BCUT2D eigenvalue weighted by Crippen LogP contribution is -2.13. The standard InChI is InChI=1S/C16H28O/c1-3-16(2,12-7-8-14-17)13-11-15-9-5-4-6-10-15/h11,13-15H,3-10,12H2,1-2H3/b13-11+/t16-/m1/s1. The smallest absolute Gasteiger partial charge is 0.119 e. The quantitative estimate of drug-likeness (QED) is 0.349. The molecule has 98 valence electrons. The first-order valence-corrected chi connectivity index (χ1v) is 7.33. The molecule has 0 radical (unpaired) electrons. The van der Waals surface area contributed by atoms with Gasteiger partial charge in [0, 0.05) is 6.42 Å². The Morgan fingerprint density at radius 1 is 1.24 bits per heavy atom. The third-order valence-electron chi connectivity index (χ3n) is 4.30. The first-order chi connectivity index (χ1) is 8.20. The zero-order valence-electron chi connectivity index (χ0n) is 11.6. The van der Waals surface area contributed by atoms with Gasteiger partial charge in [0.1, 0.15) is 6.29 Å². The van der Waals surface area contributed by atoms with Crippen LogP contribution in [0.1, 0.15) is 71.6 Å². The van der Waals surface area contributed by atoms with Gasteiger partial charge in [-0.05, 0) is 43.4 Å². The Kier molecular flexibility index (Phi) is 6.54. The Morgan fingerprint density at radius 3 is 2.53 bits per heavy atom. The van der Waals surface area contributed by atoms with Gasteiger partial charge in [-0.15, -0.1) is 0 Å². The molecule has 0 bridgehead atoms. The highest BCUT2D eigenvalue weighted by Crippen LogP contribution is 2.32. The second-order valence-electron chi connectivity index (χ2n) is 5.82. The van der Waals surface area contributed by atoms with Crippen molar-refractivity contribution in [1.82, 2.24) is 0 Å². The van der Waals surface area contributed by atoms with Gasteiger partial charge in [0.25, 0.3) is 0 Å². The number of carbonyl (C=O) groups excluding carboxylic acids is 1. The summed E-state index contributed by atoms with van der Waals surface area (Å²) in [5, 5.41) is 0. The van der Waals surface area contributed by atoms with Gasteiger partial charge in [0.15, 0.2) is 0 Å². The molecule has 1 atom stereocenters. The predicted molar refractivity (Wildman–Crippen MR) is 74.0 cm³/mol. The maximum absolute atomic E-state index is 10.4. The van der Waals surface area contributed by atoms with Crippen molar-refractivity contribution in [2.75, 3.05) is 0 Å². The molecule has 0 saturated heterocycles. The lowest BCUT2D eigenvalue weighted by molar-refractivity contribution is -0.108. The van der Waals surface area contributed by atoms with E-state index in [0.717, 1.165) is 25.0 Å². The van der Waals surface area contributed by atoms with Gasteiger partial charge in [-0.1, -0.05) is 45.3 Å². The van der Waals surface area contributed by atoms with Gasteiger partial charge >= 0.3 is 0 Å². The van der Waals surface area contributed by atoms with Gasteiger partial charge in [-0.3, -0.25) is 0 Å². The van der Waals surface area contributed by atoms with E-state index in [0.29, 0.717) is 11.8 Å². The first kappa shape index (κ1) is 14.5. The fourth-order valence-electron chi connectivity index (χ4n) is 2.66. The van der Waals surface area contributed by atoms with E-state index in [4.69, 9.17) is 0 Å². The molecule has 1 saturated carbocycles. The molecule has 1 heteroatoms. The zero-order valence-corrected chi connectivity index (χ0v) is 11.6. The van der Waals surface area contributed by atoms with Crippen LogP contribution in [0.4, 0.5) is 0 Å². The highest BCUT2D eigenvalue weighted by atomic mass is 16.1. The molecule has 1 rings (SSSR count). The van der Waals surface area contributed by atoms with Crippen molar-refractivity contribution < 1.29 is 4.79 Å². The van der Waals surface area contributed by atoms with Gasteiger partial charge in [0.05, 0.1) is 0 Å². The third kappa shape index (κ3) is 5.52. The predicted octanol–water partition coefficient (Wildman–Crippen LogP) is 4.91. The fraction of sp³-hybridized carbons (Fsp3) is 0.812. The number of unbranched alkanes of at least 4 members (excludes halogenated alkanes) is 1. The zero-order chi connectivity index (χ0) is 12.6. The first-order valence-electron chi connectivity index (χ1n) is 7.33. The SMILES string of the molecule is CC[C@@](C)(/C=C/C1CCCCC1)CCCC=O. The molecule has 1 fully saturated rings. The van der Waals surface area contributed by atoms with E-state index in [1.54, 1.807) is 0 Å². The van der Waals surface area contributed by atoms with Crippen molar-refractivity contribution in [3.05, 3.63) is 12.2 Å². The summed E-state index contributed by atoms with van der Waals surface area (Å²) in [4.78, 5) is 10.4. The number of hydrogen-bond acceptors (Lipinski definition) is 1. The molecule has 0 aliphatic heterocycles. The van der Waals surface area contributed by atoms with Gasteiger partial charge in [0.2, 0.25) is 0 Å². The van der Waals surface area contributed by atoms with E-state index >= 15 is 0 Å². The Hall–Kier alpha value is -0.590. The minimum atomic E-state index is 0.306. The molecule has 0 aromatic rings. The molecule has 0 aromatic carbocycles. The van der Waals surface area contributed by atoms with Crippen LogP contribution in [0.25, 0.3) is 0 Å². The molecule has 1 nitrogen and oxygen atoms in total. The summed E-state index contributed by atoms with van der Waals surface area (Å²) >= 11 is 0. The molecular weight excluding hydrogens is 208 g/mol. The Bertz CT molecular complexity index is 238. The topological polar surface area (TPSA) is 17.1 Å². The number of hydrogen-bond donors (Lipinski definition) is 0. The van der Waals surface area contributed by atoms with Crippen molar-refractivity contribution >= 4 is 6.29 Å². The highest BCUT2D eigenvalue weighted by Gasteiger charge is 2.19. The van der Waals surface area contributed by atoms with Gasteiger partial charge in [-0.2, -0.15) is 0 Å². The van der Waals surface area contributed by atoms with Crippen molar-refractivity contribution in [1.29, 1.82) is 0 Å². The van der Waals surface area contributed by atoms with Crippen LogP contribution in [-0.4, -0.2) is 6.29 Å². The fourth-order valence-corrected chi connectivity index (χ4v) is 2.66. The van der Waals surface area contributed by atoms with Gasteiger partial charge in [-0.25, -0.2) is 0 Å². The van der Waals surface area contributed by atoms with Crippen molar-refractivity contribution in [2.24, 2.45) is 11.3 Å². The summed E-state index contributed by atoms with van der Waals surface area (Å²) in [6.45, 7) is 4.59. The summed E-state index contributed by atoms with van der Waals surface area (Å²) in [7, 11) is 0. The molecule has 0 N–H and O–H groups in total. The average Bonchev–Trinajstić information content (AvgIpc) is 2.38. The molecule has 0 unspecified atom stereocenters. The van der Waals surface area contributed by atoms with Crippen molar-refractivity contribution in [3.8, 4) is 0 Å². The molecule has 1 aliphatic carbocycles. The molecule has 17 heavy (non-hydrogen) atoms. The average molecular weight is 236 g/mol. The third-order valence-corrected chi connectivity index (χ3v) is 4.30. The van der Waals surface area contributed by atoms with Crippen LogP contribution in [-0.2, 0) is 4.79 Å². The van der Waals surface area contributed by atoms with E-state index in [1.807, 2.05) is 0 Å². The lowest BCUT2D eigenvalue weighted by Gasteiger charge is -2.26. The second kappa shape index (κ2) is 7.68. The number of aldehydes is 1. The molecule has 0 amide bonds. The largest absolute Gasteiger partial charge is 0.303 e. The van der Waals surface area contributed by atoms with E-state index in [-0.39, 0.29) is 0 Å². The molecule has 0 heterocycles. The summed E-state index contributed by atoms with van der Waals surface area (Å²) < 4.78 is 0. The Balaban J connectivity index is 2.41. The van der Waals surface area contributed by atoms with Crippen molar-refractivity contribution in [3.63, 3.8) is 0 Å². The summed E-state index contributed by atoms with van der Waals surface area (Å²) in [5.41, 5.74) is 0.306. The number of carbonyl (C=O) groups is 1. The van der Waals surface area contributed by atoms with Crippen LogP contribution in [0.5, 0.6) is 0 Å². The van der Waals surface area contributed by atoms with Crippen LogP contribution < -0.4 is 0 Å². The number of rotatable bonds is 7. The van der Waals surface area contributed by atoms with E-state index < -0.39 is 0 Å². The lowest BCUT2D eigenvalue weighted by atomic mass is 9.80. The molecule has 0 aromatic heterocycles. The van der Waals surface area contributed by atoms with E-state index in [1.165, 1.54) is 38.5 Å². The summed E-state index contributed by atoms with van der Waals surface area (Å²) in [6.07, 6.45) is 17.0. The minimum absolute atomic E-state index is 0.306. The monoisotopic (exact) mass is 236 g/mol.